The van der Waals surface area contributed by atoms with E-state index in [4.69, 9.17) is 9.57 Å². The maximum Gasteiger partial charge on any atom is 0.334 e. The summed E-state index contributed by atoms with van der Waals surface area (Å²) >= 11 is 0. The average molecular weight is 206 g/mol. The van der Waals surface area contributed by atoms with Crippen LogP contribution in [0.3, 0.4) is 0 Å². The first-order chi connectivity index (χ1) is 7.27. The summed E-state index contributed by atoms with van der Waals surface area (Å²) in [6, 6.07) is 7.17. The Hall–Kier alpha value is -2.04. The van der Waals surface area contributed by atoms with Gasteiger partial charge >= 0.3 is 6.01 Å². The van der Waals surface area contributed by atoms with Gasteiger partial charge in [0.15, 0.2) is 0 Å². The monoisotopic (exact) mass is 206 g/mol. The number of fused-ring (bicyclic) bond motifs is 1. The SMILES string of the molecule is COc1nc2ccccc2c(=O)n1OC. The van der Waals surface area contributed by atoms with Crippen molar-refractivity contribution in [2.45, 2.75) is 0 Å². The standard InChI is InChI=1S/C10H10N2O3/c1-14-10-11-8-6-4-3-5-7(8)9(13)12(10)15-2/h3-6H,1-2H3. The molecule has 15 heavy (non-hydrogen) atoms. The second-order valence-corrected chi connectivity index (χ2v) is 2.90. The number of hydrogen-bond acceptors (Lipinski definition) is 4. The number of rotatable bonds is 2. The Kier molecular flexibility index (Phi) is 2.29. The molecule has 0 aliphatic carbocycles. The maximum absolute atomic E-state index is 11.9. The van der Waals surface area contributed by atoms with Crippen LogP contribution in [-0.2, 0) is 0 Å². The Balaban J connectivity index is 2.88. The molecule has 0 amide bonds. The van der Waals surface area contributed by atoms with E-state index in [-0.39, 0.29) is 11.6 Å². The van der Waals surface area contributed by atoms with Crippen LogP contribution in [0.5, 0.6) is 6.01 Å². The van der Waals surface area contributed by atoms with E-state index >= 15 is 0 Å². The van der Waals surface area contributed by atoms with E-state index in [2.05, 4.69) is 4.98 Å². The molecule has 0 fully saturated rings. The minimum Gasteiger partial charge on any atom is -0.466 e. The molecule has 0 bridgehead atoms. The summed E-state index contributed by atoms with van der Waals surface area (Å²) in [4.78, 5) is 20.9. The van der Waals surface area contributed by atoms with E-state index in [9.17, 15) is 4.79 Å². The highest BCUT2D eigenvalue weighted by Gasteiger charge is 2.10. The van der Waals surface area contributed by atoms with Gasteiger partial charge in [0.2, 0.25) is 0 Å². The van der Waals surface area contributed by atoms with Gasteiger partial charge in [-0.25, -0.2) is 0 Å². The lowest BCUT2D eigenvalue weighted by atomic mass is 10.2. The molecular weight excluding hydrogens is 196 g/mol. The quantitative estimate of drug-likeness (QED) is 0.716. The highest BCUT2D eigenvalue weighted by molar-refractivity contribution is 5.77. The van der Waals surface area contributed by atoms with Crippen molar-refractivity contribution in [1.82, 2.24) is 9.71 Å². The smallest absolute Gasteiger partial charge is 0.334 e. The minimum absolute atomic E-state index is 0.140. The van der Waals surface area contributed by atoms with Crippen LogP contribution >= 0.6 is 0 Å². The van der Waals surface area contributed by atoms with Crippen molar-refractivity contribution in [3.05, 3.63) is 34.6 Å². The first-order valence-corrected chi connectivity index (χ1v) is 4.38. The van der Waals surface area contributed by atoms with Crippen LogP contribution < -0.4 is 15.1 Å². The molecule has 0 saturated heterocycles. The molecule has 2 rings (SSSR count). The number of hydrogen-bond donors (Lipinski definition) is 0. The summed E-state index contributed by atoms with van der Waals surface area (Å²) in [5, 5.41) is 0.500. The molecule has 0 aliphatic heterocycles. The second kappa shape index (κ2) is 3.61. The molecule has 0 spiro atoms. The van der Waals surface area contributed by atoms with Crippen molar-refractivity contribution in [2.75, 3.05) is 14.2 Å². The number of ether oxygens (including phenoxy) is 1. The largest absolute Gasteiger partial charge is 0.466 e. The van der Waals surface area contributed by atoms with Gasteiger partial charge in [0.1, 0.15) is 7.11 Å². The number of aromatic nitrogens is 2. The molecule has 1 aromatic heterocycles. The van der Waals surface area contributed by atoms with E-state index in [1.807, 2.05) is 6.07 Å². The van der Waals surface area contributed by atoms with E-state index in [0.717, 1.165) is 4.73 Å². The zero-order valence-electron chi connectivity index (χ0n) is 8.43. The molecule has 78 valence electrons. The normalized spacial score (nSPS) is 10.3. The van der Waals surface area contributed by atoms with Crippen molar-refractivity contribution in [3.8, 4) is 6.01 Å². The molecule has 0 unspecified atom stereocenters. The molecule has 0 aliphatic rings. The maximum atomic E-state index is 11.9. The molecule has 5 heteroatoms. The fourth-order valence-electron chi connectivity index (χ4n) is 1.39. The fourth-order valence-corrected chi connectivity index (χ4v) is 1.39. The highest BCUT2D eigenvalue weighted by Crippen LogP contribution is 2.10. The van der Waals surface area contributed by atoms with Gasteiger partial charge in [0, 0.05) is 0 Å². The fraction of sp³-hybridized carbons (Fsp3) is 0.200. The highest BCUT2D eigenvalue weighted by atomic mass is 16.7. The van der Waals surface area contributed by atoms with E-state index < -0.39 is 0 Å². The third-order valence-corrected chi connectivity index (χ3v) is 2.07. The van der Waals surface area contributed by atoms with Crippen LogP contribution in [0.4, 0.5) is 0 Å². The summed E-state index contributed by atoms with van der Waals surface area (Å²) < 4.78 is 5.97. The Bertz CT molecular complexity index is 548. The van der Waals surface area contributed by atoms with E-state index in [1.165, 1.54) is 14.2 Å². The summed E-state index contributed by atoms with van der Waals surface area (Å²) in [6.45, 7) is 0. The van der Waals surface area contributed by atoms with Gasteiger partial charge in [-0.2, -0.15) is 4.98 Å². The lowest BCUT2D eigenvalue weighted by molar-refractivity contribution is 0.124. The Labute approximate surface area is 85.8 Å². The zero-order valence-corrected chi connectivity index (χ0v) is 8.43. The van der Waals surface area contributed by atoms with Gasteiger partial charge in [-0.15, -0.1) is 0 Å². The van der Waals surface area contributed by atoms with Crippen LogP contribution in [0.15, 0.2) is 29.1 Å². The third kappa shape index (κ3) is 1.41. The number of para-hydroxylation sites is 1. The van der Waals surface area contributed by atoms with Crippen LogP contribution in [0.25, 0.3) is 10.9 Å². The summed E-state index contributed by atoms with van der Waals surface area (Å²) in [5.74, 6) is 0. The van der Waals surface area contributed by atoms with Crippen LogP contribution in [-0.4, -0.2) is 23.9 Å². The van der Waals surface area contributed by atoms with Gasteiger partial charge in [-0.05, 0) is 12.1 Å². The minimum atomic E-state index is -0.278. The van der Waals surface area contributed by atoms with Crippen molar-refractivity contribution < 1.29 is 9.57 Å². The second-order valence-electron chi connectivity index (χ2n) is 2.90. The summed E-state index contributed by atoms with van der Waals surface area (Å²) in [6.07, 6.45) is 0. The van der Waals surface area contributed by atoms with E-state index in [1.54, 1.807) is 18.2 Å². The van der Waals surface area contributed by atoms with Crippen molar-refractivity contribution in [2.24, 2.45) is 0 Å². The molecule has 0 atom stereocenters. The van der Waals surface area contributed by atoms with Crippen molar-refractivity contribution in [1.29, 1.82) is 0 Å². The van der Waals surface area contributed by atoms with Gasteiger partial charge in [-0.1, -0.05) is 16.9 Å². The molecular formula is C10H10N2O3. The van der Waals surface area contributed by atoms with Gasteiger partial charge in [-0.3, -0.25) is 4.79 Å². The molecule has 2 aromatic rings. The number of nitrogens with zero attached hydrogens (tertiary/aromatic N) is 2. The van der Waals surface area contributed by atoms with Gasteiger partial charge in [0.05, 0.1) is 18.0 Å². The van der Waals surface area contributed by atoms with Crippen LogP contribution in [0, 0.1) is 0 Å². The lowest BCUT2D eigenvalue weighted by Crippen LogP contribution is -2.27. The molecule has 5 nitrogen and oxygen atoms in total. The Morgan fingerprint density at radius 3 is 2.67 bits per heavy atom. The average Bonchev–Trinajstić information content (AvgIpc) is 2.29. The van der Waals surface area contributed by atoms with E-state index in [0.29, 0.717) is 10.9 Å². The molecule has 1 aromatic carbocycles. The third-order valence-electron chi connectivity index (χ3n) is 2.07. The lowest BCUT2D eigenvalue weighted by Gasteiger charge is -2.08. The first-order valence-electron chi connectivity index (χ1n) is 4.38. The Morgan fingerprint density at radius 2 is 2.00 bits per heavy atom. The summed E-state index contributed by atoms with van der Waals surface area (Å²) in [5.41, 5.74) is 0.313. The summed E-state index contributed by atoms with van der Waals surface area (Å²) in [7, 11) is 2.83. The zero-order chi connectivity index (χ0) is 10.8. The van der Waals surface area contributed by atoms with Crippen molar-refractivity contribution in [3.63, 3.8) is 0 Å². The van der Waals surface area contributed by atoms with Gasteiger partial charge in [0.25, 0.3) is 5.56 Å². The first kappa shape index (κ1) is 9.51. The predicted molar refractivity (Wildman–Crippen MR) is 55.1 cm³/mol. The van der Waals surface area contributed by atoms with Gasteiger partial charge < -0.3 is 9.57 Å². The molecule has 1 heterocycles. The molecule has 0 saturated carbocycles. The molecule has 0 N–H and O–H groups in total. The Morgan fingerprint density at radius 1 is 1.27 bits per heavy atom. The topological polar surface area (TPSA) is 53.3 Å². The predicted octanol–water partition coefficient (Wildman–Crippen LogP) is 0.463. The number of methoxy groups -OCH3 is 1. The van der Waals surface area contributed by atoms with Crippen molar-refractivity contribution >= 4 is 10.9 Å². The van der Waals surface area contributed by atoms with Crippen LogP contribution in [0.2, 0.25) is 0 Å². The number of benzene rings is 1. The van der Waals surface area contributed by atoms with Crippen LogP contribution in [0.1, 0.15) is 0 Å². The molecule has 0 radical (unpaired) electrons.